The highest BCUT2D eigenvalue weighted by Crippen LogP contribution is 2.44. The zero-order valence-electron chi connectivity index (χ0n) is 15.3. The number of carbonyl (C=O) groups is 1. The van der Waals surface area contributed by atoms with Gasteiger partial charge in [-0.3, -0.25) is 0 Å². The highest BCUT2D eigenvalue weighted by molar-refractivity contribution is 5.75. The number of nitrogens with one attached hydrogen (secondary N) is 2. The van der Waals surface area contributed by atoms with Gasteiger partial charge in [-0.2, -0.15) is 0 Å². The van der Waals surface area contributed by atoms with Gasteiger partial charge in [0.2, 0.25) is 0 Å². The second-order valence-electron chi connectivity index (χ2n) is 7.37. The molecule has 0 spiro atoms. The molecule has 0 unspecified atom stereocenters. The molecule has 0 radical (unpaired) electrons. The van der Waals surface area contributed by atoms with Gasteiger partial charge in [-0.05, 0) is 30.2 Å². The van der Waals surface area contributed by atoms with Crippen LogP contribution in [0.1, 0.15) is 29.6 Å². The first-order valence-electron chi connectivity index (χ1n) is 9.55. The summed E-state index contributed by atoms with van der Waals surface area (Å²) in [5, 5.41) is 16.3. The zero-order chi connectivity index (χ0) is 19.1. The number of benzene rings is 2. The fourth-order valence-corrected chi connectivity index (χ4v) is 3.86. The van der Waals surface area contributed by atoms with Crippen LogP contribution in [-0.4, -0.2) is 43.0 Å². The molecular weight excluding hydrogens is 360 g/mol. The lowest BCUT2D eigenvalue weighted by Gasteiger charge is -2.30. The Bertz CT molecular complexity index is 902. The Kier molecular flexibility index (Phi) is 4.24. The van der Waals surface area contributed by atoms with Crippen molar-refractivity contribution in [2.24, 2.45) is 0 Å². The number of fused-ring (bicyclic) bond motifs is 2. The Morgan fingerprint density at radius 2 is 1.71 bits per heavy atom. The molecule has 2 aliphatic heterocycles. The third-order valence-corrected chi connectivity index (χ3v) is 5.45. The van der Waals surface area contributed by atoms with Crippen LogP contribution in [0.2, 0.25) is 0 Å². The predicted molar refractivity (Wildman–Crippen MR) is 101 cm³/mol. The largest absolute Gasteiger partial charge is 0.491 e. The standard InChI is InChI=1S/C21H22N2O5/c24-20-13-3-1-2-4-17(13)28-11-16(20)23-21(25)22-15-10-14(15)12-5-6-18-19(9-12)27-8-7-26-18/h1-6,9,14-16,20,24H,7-8,10-11H2,(H2,22,23,25)/t14-,15+,16-,20-/m0/s1. The van der Waals surface area contributed by atoms with Crippen LogP contribution in [0.15, 0.2) is 42.5 Å². The number of ether oxygens (including phenoxy) is 3. The van der Waals surface area contributed by atoms with Gasteiger partial charge in [0.15, 0.2) is 11.5 Å². The average molecular weight is 382 g/mol. The summed E-state index contributed by atoms with van der Waals surface area (Å²) < 4.78 is 16.8. The van der Waals surface area contributed by atoms with Crippen LogP contribution >= 0.6 is 0 Å². The van der Waals surface area contributed by atoms with Crippen molar-refractivity contribution in [2.45, 2.75) is 30.5 Å². The van der Waals surface area contributed by atoms with E-state index in [4.69, 9.17) is 14.2 Å². The maximum absolute atomic E-state index is 12.4. The van der Waals surface area contributed by atoms with Gasteiger partial charge in [-0.25, -0.2) is 4.79 Å². The highest BCUT2D eigenvalue weighted by Gasteiger charge is 2.41. The summed E-state index contributed by atoms with van der Waals surface area (Å²) >= 11 is 0. The number of urea groups is 1. The number of para-hydroxylation sites is 1. The topological polar surface area (TPSA) is 89.1 Å². The minimum absolute atomic E-state index is 0.0662. The molecule has 0 saturated heterocycles. The van der Waals surface area contributed by atoms with E-state index in [0.29, 0.717) is 24.5 Å². The Morgan fingerprint density at radius 1 is 0.929 bits per heavy atom. The van der Waals surface area contributed by atoms with Crippen molar-refractivity contribution in [1.29, 1.82) is 0 Å². The molecule has 3 N–H and O–H groups in total. The molecule has 2 aromatic carbocycles. The smallest absolute Gasteiger partial charge is 0.315 e. The van der Waals surface area contributed by atoms with E-state index in [1.54, 1.807) is 0 Å². The van der Waals surface area contributed by atoms with E-state index in [9.17, 15) is 9.90 Å². The lowest BCUT2D eigenvalue weighted by atomic mass is 9.99. The van der Waals surface area contributed by atoms with Gasteiger partial charge in [0.05, 0.1) is 6.04 Å². The Labute approximate surface area is 162 Å². The van der Waals surface area contributed by atoms with E-state index in [1.165, 1.54) is 0 Å². The molecule has 5 rings (SSSR count). The van der Waals surface area contributed by atoms with Crippen LogP contribution in [0.25, 0.3) is 0 Å². The van der Waals surface area contributed by atoms with Crippen LogP contribution in [0.4, 0.5) is 4.79 Å². The summed E-state index contributed by atoms with van der Waals surface area (Å²) in [4.78, 5) is 12.4. The molecule has 2 aromatic rings. The maximum atomic E-state index is 12.4. The third-order valence-electron chi connectivity index (χ3n) is 5.45. The molecule has 0 aromatic heterocycles. The summed E-state index contributed by atoms with van der Waals surface area (Å²) in [7, 11) is 0. The lowest BCUT2D eigenvalue weighted by molar-refractivity contribution is 0.0774. The van der Waals surface area contributed by atoms with Gasteiger partial charge >= 0.3 is 6.03 Å². The second kappa shape index (κ2) is 6.91. The minimum Gasteiger partial charge on any atom is -0.491 e. The molecule has 3 aliphatic rings. The van der Waals surface area contributed by atoms with E-state index in [2.05, 4.69) is 10.6 Å². The van der Waals surface area contributed by atoms with Crippen LogP contribution in [0.3, 0.4) is 0 Å². The summed E-state index contributed by atoms with van der Waals surface area (Å²) in [6.45, 7) is 1.36. The van der Waals surface area contributed by atoms with Gasteiger partial charge < -0.3 is 30.0 Å². The second-order valence-corrected chi connectivity index (χ2v) is 7.37. The summed E-state index contributed by atoms with van der Waals surface area (Å²) in [5.74, 6) is 2.45. The molecule has 7 heteroatoms. The quantitative estimate of drug-likeness (QED) is 0.757. The fraction of sp³-hybridized carbons (Fsp3) is 0.381. The van der Waals surface area contributed by atoms with Crippen molar-refractivity contribution >= 4 is 6.03 Å². The van der Waals surface area contributed by atoms with E-state index in [0.717, 1.165) is 23.5 Å². The zero-order valence-corrected chi connectivity index (χ0v) is 15.3. The first-order chi connectivity index (χ1) is 13.7. The average Bonchev–Trinajstić information content (AvgIpc) is 3.49. The first kappa shape index (κ1) is 17.2. The van der Waals surface area contributed by atoms with Gasteiger partial charge in [-0.1, -0.05) is 24.3 Å². The van der Waals surface area contributed by atoms with Crippen molar-refractivity contribution < 1.29 is 24.1 Å². The number of carbonyl (C=O) groups excluding carboxylic acids is 1. The number of hydrogen-bond donors (Lipinski definition) is 3. The van der Waals surface area contributed by atoms with Crippen LogP contribution in [0, 0.1) is 0 Å². The fourth-order valence-electron chi connectivity index (χ4n) is 3.86. The molecule has 146 valence electrons. The Morgan fingerprint density at radius 3 is 2.61 bits per heavy atom. The van der Waals surface area contributed by atoms with Crippen LogP contribution in [-0.2, 0) is 0 Å². The van der Waals surface area contributed by atoms with Crippen molar-refractivity contribution in [1.82, 2.24) is 10.6 Å². The number of hydrogen-bond acceptors (Lipinski definition) is 5. The monoisotopic (exact) mass is 382 g/mol. The van der Waals surface area contributed by atoms with Crippen LogP contribution in [0.5, 0.6) is 17.2 Å². The summed E-state index contributed by atoms with van der Waals surface area (Å²) in [5.41, 5.74) is 1.82. The molecule has 2 heterocycles. The van der Waals surface area contributed by atoms with Gasteiger partial charge in [0.25, 0.3) is 0 Å². The summed E-state index contributed by atoms with van der Waals surface area (Å²) in [6.07, 6.45) is 0.0862. The molecule has 0 bridgehead atoms. The SMILES string of the molecule is O=C(N[C@H]1COc2ccccc2[C@@H]1O)N[C@@H]1C[C@H]1c1ccc2c(c1)OCCO2. The molecule has 1 saturated carbocycles. The molecule has 1 aliphatic carbocycles. The predicted octanol–water partition coefficient (Wildman–Crippen LogP) is 2.11. The minimum atomic E-state index is -0.788. The highest BCUT2D eigenvalue weighted by atomic mass is 16.6. The Balaban J connectivity index is 1.18. The third kappa shape index (κ3) is 3.22. The van der Waals surface area contributed by atoms with E-state index >= 15 is 0 Å². The summed E-state index contributed by atoms with van der Waals surface area (Å²) in [6, 6.07) is 12.6. The van der Waals surface area contributed by atoms with Crippen molar-refractivity contribution in [3.8, 4) is 17.2 Å². The van der Waals surface area contributed by atoms with Crippen LogP contribution < -0.4 is 24.8 Å². The maximum Gasteiger partial charge on any atom is 0.315 e. The molecule has 2 amide bonds. The molecule has 1 fully saturated rings. The molecule has 7 nitrogen and oxygen atoms in total. The van der Waals surface area contributed by atoms with E-state index < -0.39 is 12.1 Å². The molecular formula is C21H22N2O5. The number of amides is 2. The number of aliphatic hydroxyl groups is 1. The van der Waals surface area contributed by atoms with Crippen molar-refractivity contribution in [2.75, 3.05) is 19.8 Å². The number of aliphatic hydroxyl groups excluding tert-OH is 1. The van der Waals surface area contributed by atoms with Crippen molar-refractivity contribution in [3.05, 3.63) is 53.6 Å². The van der Waals surface area contributed by atoms with Gasteiger partial charge in [0.1, 0.15) is 31.7 Å². The first-order valence-corrected chi connectivity index (χ1v) is 9.55. The lowest BCUT2D eigenvalue weighted by Crippen LogP contribution is -2.49. The van der Waals surface area contributed by atoms with E-state index in [1.807, 2.05) is 42.5 Å². The van der Waals surface area contributed by atoms with Crippen molar-refractivity contribution in [3.63, 3.8) is 0 Å². The van der Waals surface area contributed by atoms with Gasteiger partial charge in [-0.15, -0.1) is 0 Å². The Hall–Kier alpha value is -2.93. The van der Waals surface area contributed by atoms with E-state index in [-0.39, 0.29) is 24.6 Å². The molecule has 4 atom stereocenters. The number of rotatable bonds is 3. The normalized spacial score (nSPS) is 27.2. The molecule has 28 heavy (non-hydrogen) atoms. The van der Waals surface area contributed by atoms with Gasteiger partial charge in [0, 0.05) is 17.5 Å².